The van der Waals surface area contributed by atoms with E-state index < -0.39 is 6.10 Å². The van der Waals surface area contributed by atoms with Crippen LogP contribution in [0.15, 0.2) is 15.9 Å². The Labute approximate surface area is 101 Å². The molecule has 5 heteroatoms. The summed E-state index contributed by atoms with van der Waals surface area (Å²) < 4.78 is 11.7. The molecule has 2 rings (SSSR count). The predicted octanol–water partition coefficient (Wildman–Crippen LogP) is 2.18. The van der Waals surface area contributed by atoms with Crippen LogP contribution in [0.1, 0.15) is 11.3 Å². The molecule has 1 atom stereocenters. The first kappa shape index (κ1) is 11.5. The minimum absolute atomic E-state index is 0.219. The van der Waals surface area contributed by atoms with Gasteiger partial charge in [-0.2, -0.15) is 0 Å². The number of hydrogen-bond acceptors (Lipinski definition) is 4. The van der Waals surface area contributed by atoms with Crippen molar-refractivity contribution < 1.29 is 14.6 Å². The Morgan fingerprint density at radius 1 is 1.47 bits per heavy atom. The van der Waals surface area contributed by atoms with E-state index >= 15 is 0 Å². The number of ether oxygens (including phenoxy) is 2. The fourth-order valence-corrected chi connectivity index (χ4v) is 3.10. The van der Waals surface area contributed by atoms with E-state index in [1.54, 1.807) is 11.3 Å². The zero-order valence-electron chi connectivity index (χ0n) is 8.19. The van der Waals surface area contributed by atoms with Crippen LogP contribution < -0.4 is 0 Å². The van der Waals surface area contributed by atoms with Crippen molar-refractivity contribution in [3.8, 4) is 0 Å². The number of thiophene rings is 1. The standard InChI is InChI=1S/C10H13BrO3S/c11-9-2-1-8(15-9)5-7(12)6-10-13-3-4-14-10/h1-2,7,10,12H,3-6H2. The molecule has 1 aromatic rings. The number of rotatable bonds is 4. The molecule has 15 heavy (non-hydrogen) atoms. The van der Waals surface area contributed by atoms with Crippen LogP contribution in [0.5, 0.6) is 0 Å². The van der Waals surface area contributed by atoms with Crippen molar-refractivity contribution in [2.24, 2.45) is 0 Å². The van der Waals surface area contributed by atoms with Gasteiger partial charge in [0, 0.05) is 17.7 Å². The topological polar surface area (TPSA) is 38.7 Å². The molecular formula is C10H13BrO3S. The smallest absolute Gasteiger partial charge is 0.160 e. The maximum atomic E-state index is 9.80. The fraction of sp³-hybridized carbons (Fsp3) is 0.600. The van der Waals surface area contributed by atoms with E-state index in [-0.39, 0.29) is 6.29 Å². The number of halogens is 1. The molecule has 3 nitrogen and oxygen atoms in total. The Hall–Kier alpha value is 0.0600. The van der Waals surface area contributed by atoms with Crippen LogP contribution in [0.25, 0.3) is 0 Å². The molecule has 1 aromatic heterocycles. The van der Waals surface area contributed by atoms with E-state index in [1.165, 1.54) is 4.88 Å². The van der Waals surface area contributed by atoms with E-state index in [0.717, 1.165) is 3.79 Å². The second kappa shape index (κ2) is 5.41. The van der Waals surface area contributed by atoms with Crippen LogP contribution in [0.2, 0.25) is 0 Å². The monoisotopic (exact) mass is 292 g/mol. The molecule has 2 heterocycles. The van der Waals surface area contributed by atoms with E-state index in [0.29, 0.717) is 26.1 Å². The third kappa shape index (κ3) is 3.53. The first-order valence-electron chi connectivity index (χ1n) is 4.89. The largest absolute Gasteiger partial charge is 0.393 e. The highest BCUT2D eigenvalue weighted by Gasteiger charge is 2.20. The molecule has 0 radical (unpaired) electrons. The summed E-state index contributed by atoms with van der Waals surface area (Å²) in [5, 5.41) is 9.80. The molecule has 1 fully saturated rings. The van der Waals surface area contributed by atoms with Gasteiger partial charge in [-0.25, -0.2) is 0 Å². The summed E-state index contributed by atoms with van der Waals surface area (Å²) in [7, 11) is 0. The van der Waals surface area contributed by atoms with E-state index in [2.05, 4.69) is 15.9 Å². The van der Waals surface area contributed by atoms with Crippen LogP contribution in [0, 0.1) is 0 Å². The number of aliphatic hydroxyl groups excluding tert-OH is 1. The summed E-state index contributed by atoms with van der Waals surface area (Å²) >= 11 is 5.05. The van der Waals surface area contributed by atoms with Crippen molar-refractivity contribution >= 4 is 27.3 Å². The van der Waals surface area contributed by atoms with Crippen molar-refractivity contribution in [2.45, 2.75) is 25.2 Å². The average Bonchev–Trinajstić information content (AvgIpc) is 2.77. The minimum Gasteiger partial charge on any atom is -0.393 e. The van der Waals surface area contributed by atoms with Gasteiger partial charge < -0.3 is 14.6 Å². The molecule has 1 aliphatic heterocycles. The normalized spacial score (nSPS) is 19.6. The number of aliphatic hydroxyl groups is 1. The van der Waals surface area contributed by atoms with E-state index in [4.69, 9.17) is 9.47 Å². The highest BCUT2D eigenvalue weighted by atomic mass is 79.9. The van der Waals surface area contributed by atoms with Gasteiger partial charge in [-0.15, -0.1) is 11.3 Å². The van der Waals surface area contributed by atoms with Crippen LogP contribution in [0.3, 0.4) is 0 Å². The van der Waals surface area contributed by atoms with Crippen LogP contribution in [0.4, 0.5) is 0 Å². The van der Waals surface area contributed by atoms with Gasteiger partial charge in [0.2, 0.25) is 0 Å². The Morgan fingerprint density at radius 2 is 2.20 bits per heavy atom. The van der Waals surface area contributed by atoms with Gasteiger partial charge in [0.25, 0.3) is 0 Å². The zero-order chi connectivity index (χ0) is 10.7. The Kier molecular flexibility index (Phi) is 4.16. The lowest BCUT2D eigenvalue weighted by Gasteiger charge is -2.13. The first-order valence-corrected chi connectivity index (χ1v) is 6.50. The van der Waals surface area contributed by atoms with Gasteiger partial charge in [-0.05, 0) is 28.1 Å². The van der Waals surface area contributed by atoms with Crippen molar-refractivity contribution in [3.63, 3.8) is 0 Å². The Morgan fingerprint density at radius 3 is 2.80 bits per heavy atom. The Balaban J connectivity index is 1.78. The van der Waals surface area contributed by atoms with Crippen molar-refractivity contribution in [2.75, 3.05) is 13.2 Å². The first-order chi connectivity index (χ1) is 7.24. The second-order valence-electron chi connectivity index (χ2n) is 3.47. The SMILES string of the molecule is OC(Cc1ccc(Br)s1)CC1OCCO1. The molecule has 0 aromatic carbocycles. The van der Waals surface area contributed by atoms with Gasteiger partial charge in [0.1, 0.15) is 0 Å². The highest BCUT2D eigenvalue weighted by Crippen LogP contribution is 2.24. The third-order valence-electron chi connectivity index (χ3n) is 2.22. The van der Waals surface area contributed by atoms with Gasteiger partial charge in [-0.3, -0.25) is 0 Å². The van der Waals surface area contributed by atoms with E-state index in [1.807, 2.05) is 12.1 Å². The summed E-state index contributed by atoms with van der Waals surface area (Å²) in [5.41, 5.74) is 0. The van der Waals surface area contributed by atoms with Crippen molar-refractivity contribution in [1.29, 1.82) is 0 Å². The predicted molar refractivity (Wildman–Crippen MR) is 62.0 cm³/mol. The number of hydrogen-bond donors (Lipinski definition) is 1. The molecule has 1 aliphatic rings. The molecule has 0 saturated carbocycles. The van der Waals surface area contributed by atoms with Crippen LogP contribution in [-0.2, 0) is 15.9 Å². The van der Waals surface area contributed by atoms with Gasteiger partial charge in [-0.1, -0.05) is 0 Å². The van der Waals surface area contributed by atoms with Gasteiger partial charge >= 0.3 is 0 Å². The zero-order valence-corrected chi connectivity index (χ0v) is 10.6. The lowest BCUT2D eigenvalue weighted by atomic mass is 10.1. The second-order valence-corrected chi connectivity index (χ2v) is 6.02. The maximum Gasteiger partial charge on any atom is 0.160 e. The van der Waals surface area contributed by atoms with Crippen LogP contribution in [-0.4, -0.2) is 30.7 Å². The quantitative estimate of drug-likeness (QED) is 0.924. The Bertz CT molecular complexity index is 309. The minimum atomic E-state index is -0.390. The molecule has 1 N–H and O–H groups in total. The molecule has 0 aliphatic carbocycles. The highest BCUT2D eigenvalue weighted by molar-refractivity contribution is 9.11. The summed E-state index contributed by atoms with van der Waals surface area (Å²) in [6.45, 7) is 1.28. The lowest BCUT2D eigenvalue weighted by Crippen LogP contribution is -2.20. The van der Waals surface area contributed by atoms with Gasteiger partial charge in [0.15, 0.2) is 6.29 Å². The molecule has 1 saturated heterocycles. The summed E-state index contributed by atoms with van der Waals surface area (Å²) in [5.74, 6) is 0. The lowest BCUT2D eigenvalue weighted by molar-refractivity contribution is -0.0697. The molecule has 0 spiro atoms. The van der Waals surface area contributed by atoms with Gasteiger partial charge in [0.05, 0.1) is 23.1 Å². The third-order valence-corrected chi connectivity index (χ3v) is 3.87. The molecule has 84 valence electrons. The van der Waals surface area contributed by atoms with Crippen LogP contribution >= 0.6 is 27.3 Å². The summed E-state index contributed by atoms with van der Waals surface area (Å²) in [4.78, 5) is 1.17. The fourth-order valence-electron chi connectivity index (χ4n) is 1.54. The van der Waals surface area contributed by atoms with E-state index in [9.17, 15) is 5.11 Å². The molecular weight excluding hydrogens is 280 g/mol. The van der Waals surface area contributed by atoms with Crippen molar-refractivity contribution in [3.05, 3.63) is 20.8 Å². The summed E-state index contributed by atoms with van der Waals surface area (Å²) in [6, 6.07) is 4.02. The van der Waals surface area contributed by atoms with Crippen molar-refractivity contribution in [1.82, 2.24) is 0 Å². The molecule has 0 amide bonds. The average molecular weight is 293 g/mol. The maximum absolute atomic E-state index is 9.80. The molecule has 0 bridgehead atoms. The molecule has 1 unspecified atom stereocenters. The summed E-state index contributed by atoms with van der Waals surface area (Å²) in [6.07, 6.45) is 0.608.